The van der Waals surface area contributed by atoms with Crippen LogP contribution in [0.25, 0.3) is 10.6 Å². The normalized spacial score (nSPS) is 10.6. The van der Waals surface area contributed by atoms with Crippen LogP contribution in [-0.2, 0) is 0 Å². The third-order valence-electron chi connectivity index (χ3n) is 3.41. The molecular weight excluding hydrogens is 311 g/mol. The van der Waals surface area contributed by atoms with Gasteiger partial charge in [-0.1, -0.05) is 35.9 Å². The topological polar surface area (TPSA) is 42.0 Å². The molecule has 1 N–H and O–H groups in total. The van der Waals surface area contributed by atoms with E-state index in [1.165, 1.54) is 17.4 Å². The van der Waals surface area contributed by atoms with E-state index in [1.807, 2.05) is 31.2 Å². The molecule has 116 valence electrons. The molecule has 5 heteroatoms. The third kappa shape index (κ3) is 3.46. The maximum atomic E-state index is 13.8. The molecule has 0 saturated heterocycles. The van der Waals surface area contributed by atoms with E-state index >= 15 is 0 Å². The standard InChI is InChI=1S/C18H15FN2OS/c1-11-3-6-13(7-4-11)18-21-16(10-23-18)17(22)20-15-8-5-12(2)9-14(15)19/h3-10H,1-2H3,(H,20,22). The number of nitrogens with one attached hydrogen (secondary N) is 1. The Labute approximate surface area is 137 Å². The van der Waals surface area contributed by atoms with Gasteiger partial charge in [0.05, 0.1) is 5.69 Å². The van der Waals surface area contributed by atoms with E-state index in [0.29, 0.717) is 0 Å². The van der Waals surface area contributed by atoms with E-state index in [1.54, 1.807) is 24.4 Å². The summed E-state index contributed by atoms with van der Waals surface area (Å²) in [6, 6.07) is 12.6. The third-order valence-corrected chi connectivity index (χ3v) is 4.30. The second kappa shape index (κ2) is 6.30. The van der Waals surface area contributed by atoms with Crippen molar-refractivity contribution in [1.29, 1.82) is 0 Å². The van der Waals surface area contributed by atoms with Crippen LogP contribution in [-0.4, -0.2) is 10.9 Å². The average molecular weight is 326 g/mol. The zero-order valence-corrected chi connectivity index (χ0v) is 13.6. The summed E-state index contributed by atoms with van der Waals surface area (Å²) in [6.45, 7) is 3.81. The maximum absolute atomic E-state index is 13.8. The summed E-state index contributed by atoms with van der Waals surface area (Å²) in [5.74, 6) is -0.866. The number of anilines is 1. The van der Waals surface area contributed by atoms with Gasteiger partial charge in [0.25, 0.3) is 5.91 Å². The predicted molar refractivity (Wildman–Crippen MR) is 91.4 cm³/mol. The predicted octanol–water partition coefficient (Wildman–Crippen LogP) is 4.82. The number of nitrogens with zero attached hydrogens (tertiary/aromatic N) is 1. The summed E-state index contributed by atoms with van der Waals surface area (Å²) >= 11 is 1.39. The van der Waals surface area contributed by atoms with Crippen molar-refractivity contribution < 1.29 is 9.18 Å². The van der Waals surface area contributed by atoms with Gasteiger partial charge in [0.2, 0.25) is 0 Å². The number of aromatic nitrogens is 1. The van der Waals surface area contributed by atoms with Crippen LogP contribution in [0.15, 0.2) is 47.8 Å². The van der Waals surface area contributed by atoms with Crippen LogP contribution in [0.1, 0.15) is 21.6 Å². The molecule has 3 rings (SSSR count). The van der Waals surface area contributed by atoms with Crippen molar-refractivity contribution in [3.63, 3.8) is 0 Å². The highest BCUT2D eigenvalue weighted by Gasteiger charge is 2.14. The minimum absolute atomic E-state index is 0.158. The minimum atomic E-state index is -0.452. The van der Waals surface area contributed by atoms with Crippen LogP contribution in [0.5, 0.6) is 0 Å². The number of rotatable bonds is 3. The zero-order valence-electron chi connectivity index (χ0n) is 12.8. The fraction of sp³-hybridized carbons (Fsp3) is 0.111. The highest BCUT2D eigenvalue weighted by atomic mass is 32.1. The molecule has 3 nitrogen and oxygen atoms in total. The lowest BCUT2D eigenvalue weighted by atomic mass is 10.2. The number of amides is 1. The van der Waals surface area contributed by atoms with E-state index < -0.39 is 11.7 Å². The fourth-order valence-corrected chi connectivity index (χ4v) is 2.92. The van der Waals surface area contributed by atoms with Gasteiger partial charge in [0.1, 0.15) is 16.5 Å². The van der Waals surface area contributed by atoms with Crippen molar-refractivity contribution in [2.45, 2.75) is 13.8 Å². The molecule has 23 heavy (non-hydrogen) atoms. The number of hydrogen-bond donors (Lipinski definition) is 1. The van der Waals surface area contributed by atoms with E-state index in [9.17, 15) is 9.18 Å². The molecule has 1 aromatic heterocycles. The summed E-state index contributed by atoms with van der Waals surface area (Å²) in [5, 5.41) is 5.00. The Morgan fingerprint density at radius 3 is 2.48 bits per heavy atom. The van der Waals surface area contributed by atoms with Gasteiger partial charge in [-0.2, -0.15) is 0 Å². The van der Waals surface area contributed by atoms with Crippen molar-refractivity contribution in [2.75, 3.05) is 5.32 Å². The highest BCUT2D eigenvalue weighted by Crippen LogP contribution is 2.24. The van der Waals surface area contributed by atoms with Crippen LogP contribution >= 0.6 is 11.3 Å². The van der Waals surface area contributed by atoms with E-state index in [4.69, 9.17) is 0 Å². The first-order valence-corrected chi connectivity index (χ1v) is 8.01. The number of benzene rings is 2. The Morgan fingerprint density at radius 1 is 1.09 bits per heavy atom. The molecule has 1 heterocycles. The van der Waals surface area contributed by atoms with Gasteiger partial charge >= 0.3 is 0 Å². The molecule has 0 fully saturated rings. The second-order valence-corrected chi connectivity index (χ2v) is 6.20. The van der Waals surface area contributed by atoms with Crippen molar-refractivity contribution >= 4 is 22.9 Å². The molecule has 0 saturated carbocycles. The maximum Gasteiger partial charge on any atom is 0.275 e. The molecule has 3 aromatic rings. The molecule has 0 bridgehead atoms. The highest BCUT2D eigenvalue weighted by molar-refractivity contribution is 7.13. The number of hydrogen-bond acceptors (Lipinski definition) is 3. The summed E-state index contributed by atoms with van der Waals surface area (Å²) in [7, 11) is 0. The lowest BCUT2D eigenvalue weighted by Gasteiger charge is -2.05. The van der Waals surface area contributed by atoms with Crippen molar-refractivity contribution in [3.8, 4) is 10.6 Å². The van der Waals surface area contributed by atoms with Crippen LogP contribution in [0, 0.1) is 19.7 Å². The molecule has 0 unspecified atom stereocenters. The Hall–Kier alpha value is -2.53. The quantitative estimate of drug-likeness (QED) is 0.750. The molecule has 0 aliphatic heterocycles. The van der Waals surface area contributed by atoms with Crippen LogP contribution in [0.4, 0.5) is 10.1 Å². The van der Waals surface area contributed by atoms with Gasteiger partial charge in [-0.15, -0.1) is 11.3 Å². The Kier molecular flexibility index (Phi) is 4.21. The van der Waals surface area contributed by atoms with Gasteiger partial charge in [-0.3, -0.25) is 4.79 Å². The number of halogens is 1. The lowest BCUT2D eigenvalue weighted by molar-refractivity contribution is 0.102. The zero-order chi connectivity index (χ0) is 16.4. The number of aryl methyl sites for hydroxylation is 2. The minimum Gasteiger partial charge on any atom is -0.318 e. The first-order chi connectivity index (χ1) is 11.0. The van der Waals surface area contributed by atoms with Crippen molar-refractivity contribution in [2.24, 2.45) is 0 Å². The average Bonchev–Trinajstić information content (AvgIpc) is 3.01. The Morgan fingerprint density at radius 2 is 1.78 bits per heavy atom. The molecule has 0 aliphatic rings. The van der Waals surface area contributed by atoms with Gasteiger partial charge in [-0.25, -0.2) is 9.37 Å². The SMILES string of the molecule is Cc1ccc(-c2nc(C(=O)Nc3ccc(C)cc3F)cs2)cc1. The second-order valence-electron chi connectivity index (χ2n) is 5.34. The van der Waals surface area contributed by atoms with Crippen LogP contribution in [0.3, 0.4) is 0 Å². The lowest BCUT2D eigenvalue weighted by Crippen LogP contribution is -2.13. The Balaban J connectivity index is 1.79. The van der Waals surface area contributed by atoms with Crippen molar-refractivity contribution in [1.82, 2.24) is 4.98 Å². The monoisotopic (exact) mass is 326 g/mol. The molecule has 0 radical (unpaired) electrons. The van der Waals surface area contributed by atoms with Gasteiger partial charge in [0, 0.05) is 10.9 Å². The van der Waals surface area contributed by atoms with Gasteiger partial charge in [-0.05, 0) is 31.5 Å². The van der Waals surface area contributed by atoms with Crippen LogP contribution < -0.4 is 5.32 Å². The fourth-order valence-electron chi connectivity index (χ4n) is 2.11. The number of carbonyl (C=O) groups is 1. The van der Waals surface area contributed by atoms with Gasteiger partial charge in [0.15, 0.2) is 0 Å². The number of thiazole rings is 1. The molecule has 2 aromatic carbocycles. The summed E-state index contributed by atoms with van der Waals surface area (Å²) in [6.07, 6.45) is 0. The largest absolute Gasteiger partial charge is 0.318 e. The molecule has 0 atom stereocenters. The van der Waals surface area contributed by atoms with Crippen molar-refractivity contribution in [3.05, 3.63) is 70.5 Å². The summed E-state index contributed by atoms with van der Waals surface area (Å²) < 4.78 is 13.8. The van der Waals surface area contributed by atoms with E-state index in [2.05, 4.69) is 10.3 Å². The smallest absolute Gasteiger partial charge is 0.275 e. The molecule has 1 amide bonds. The first kappa shape index (κ1) is 15.4. The molecule has 0 spiro atoms. The number of carbonyl (C=O) groups excluding carboxylic acids is 1. The molecule has 0 aliphatic carbocycles. The van der Waals surface area contributed by atoms with Gasteiger partial charge < -0.3 is 5.32 Å². The van der Waals surface area contributed by atoms with E-state index in [-0.39, 0.29) is 11.4 Å². The summed E-state index contributed by atoms with van der Waals surface area (Å²) in [4.78, 5) is 16.6. The first-order valence-electron chi connectivity index (χ1n) is 7.13. The summed E-state index contributed by atoms with van der Waals surface area (Å²) in [5.41, 5.74) is 3.37. The van der Waals surface area contributed by atoms with E-state index in [0.717, 1.165) is 21.7 Å². The molecular formula is C18H15FN2OS. The van der Waals surface area contributed by atoms with Crippen LogP contribution in [0.2, 0.25) is 0 Å². The Bertz CT molecular complexity index is 856.